The Balaban J connectivity index is 2.28. The molecule has 1 aromatic carbocycles. The van der Waals surface area contributed by atoms with Gasteiger partial charge in [0.15, 0.2) is 0 Å². The van der Waals surface area contributed by atoms with Crippen LogP contribution in [0.1, 0.15) is 5.69 Å². The zero-order chi connectivity index (χ0) is 16.5. The number of hydrogen-bond acceptors (Lipinski definition) is 5. The molecule has 0 radical (unpaired) electrons. The summed E-state index contributed by atoms with van der Waals surface area (Å²) in [6, 6.07) is 7.34. The molecule has 0 aliphatic rings. The molecule has 22 heavy (non-hydrogen) atoms. The normalized spacial score (nSPS) is 12.5. The van der Waals surface area contributed by atoms with Crippen molar-refractivity contribution in [2.45, 2.75) is 16.7 Å². The largest absolute Gasteiger partial charge is 0.259 e. The number of hydrazine groups is 1. The van der Waals surface area contributed by atoms with Gasteiger partial charge in [-0.3, -0.25) is 4.68 Å². The second-order valence-corrected chi connectivity index (χ2v) is 8.01. The van der Waals surface area contributed by atoms with Crippen LogP contribution in [0.4, 0.5) is 0 Å². The van der Waals surface area contributed by atoms with Gasteiger partial charge in [0.1, 0.15) is 10.0 Å². The lowest BCUT2D eigenvalue weighted by atomic mass is 10.4. The molecule has 11 heteroatoms. The van der Waals surface area contributed by atoms with Crippen LogP contribution in [0.2, 0.25) is 5.15 Å². The van der Waals surface area contributed by atoms with Crippen LogP contribution in [-0.4, -0.2) is 26.6 Å². The van der Waals surface area contributed by atoms with E-state index in [9.17, 15) is 16.8 Å². The summed E-state index contributed by atoms with van der Waals surface area (Å²) in [4.78, 5) is 3.26. The highest BCUT2D eigenvalue weighted by Crippen LogP contribution is 2.23. The molecule has 2 N–H and O–H groups in total. The van der Waals surface area contributed by atoms with Gasteiger partial charge in [0.25, 0.3) is 20.0 Å². The fourth-order valence-electron chi connectivity index (χ4n) is 1.74. The molecule has 0 atom stereocenters. The summed E-state index contributed by atoms with van der Waals surface area (Å²) >= 11 is 5.87. The summed E-state index contributed by atoms with van der Waals surface area (Å²) in [7, 11) is -6.75. The van der Waals surface area contributed by atoms with E-state index in [0.29, 0.717) is 0 Å². The lowest BCUT2D eigenvalue weighted by Crippen LogP contribution is -2.41. The second-order valence-electron chi connectivity index (χ2n) is 4.35. The summed E-state index contributed by atoms with van der Waals surface area (Å²) in [6.07, 6.45) is 0. The highest BCUT2D eigenvalue weighted by atomic mass is 35.5. The van der Waals surface area contributed by atoms with Crippen molar-refractivity contribution >= 4 is 31.6 Å². The first-order valence-electron chi connectivity index (χ1n) is 5.93. The summed E-state index contributed by atoms with van der Waals surface area (Å²) in [5, 5.41) is 3.75. The van der Waals surface area contributed by atoms with Crippen LogP contribution in [-0.2, 0) is 27.1 Å². The van der Waals surface area contributed by atoms with E-state index < -0.39 is 20.0 Å². The number of aryl methyl sites for hydroxylation is 2. The molecular weight excluding hydrogens is 352 g/mol. The summed E-state index contributed by atoms with van der Waals surface area (Å²) in [5.41, 5.74) is 0.152. The van der Waals surface area contributed by atoms with Crippen molar-refractivity contribution < 1.29 is 16.8 Å². The fraction of sp³-hybridized carbons (Fsp3) is 0.182. The minimum Gasteiger partial charge on any atom is -0.255 e. The molecule has 0 amide bonds. The molecule has 0 aliphatic carbocycles. The van der Waals surface area contributed by atoms with Crippen molar-refractivity contribution in [1.29, 1.82) is 0 Å². The van der Waals surface area contributed by atoms with Gasteiger partial charge in [0.05, 0.1) is 10.6 Å². The van der Waals surface area contributed by atoms with Gasteiger partial charge < -0.3 is 0 Å². The van der Waals surface area contributed by atoms with Gasteiger partial charge in [0, 0.05) is 7.05 Å². The lowest BCUT2D eigenvalue weighted by molar-refractivity contribution is 0.557. The van der Waals surface area contributed by atoms with Crippen molar-refractivity contribution in [2.75, 3.05) is 0 Å². The van der Waals surface area contributed by atoms with Crippen LogP contribution in [0.3, 0.4) is 0 Å². The van der Waals surface area contributed by atoms with Gasteiger partial charge in [-0.2, -0.15) is 5.10 Å². The average molecular weight is 365 g/mol. The Bertz CT molecular complexity index is 892. The number of aromatic nitrogens is 2. The Kier molecular flexibility index (Phi) is 4.59. The molecule has 0 spiro atoms. The number of halogens is 1. The van der Waals surface area contributed by atoms with Crippen molar-refractivity contribution in [2.24, 2.45) is 7.05 Å². The Labute approximate surface area is 133 Å². The molecule has 0 saturated carbocycles. The van der Waals surface area contributed by atoms with Crippen molar-refractivity contribution in [3.05, 3.63) is 41.2 Å². The maximum Gasteiger partial charge on any atom is 0.259 e. The maximum atomic E-state index is 12.2. The van der Waals surface area contributed by atoms with Gasteiger partial charge in [-0.15, -0.1) is 9.66 Å². The first-order chi connectivity index (χ1) is 10.1. The third kappa shape index (κ3) is 3.31. The van der Waals surface area contributed by atoms with E-state index in [-0.39, 0.29) is 20.6 Å². The molecule has 1 aromatic heterocycles. The first kappa shape index (κ1) is 16.9. The third-order valence-electron chi connectivity index (χ3n) is 2.73. The van der Waals surface area contributed by atoms with Crippen LogP contribution in [0.5, 0.6) is 0 Å². The van der Waals surface area contributed by atoms with E-state index >= 15 is 0 Å². The number of hydrogen-bond donors (Lipinski definition) is 2. The Morgan fingerprint density at radius 3 is 2.09 bits per heavy atom. The van der Waals surface area contributed by atoms with Gasteiger partial charge in [-0.1, -0.05) is 29.8 Å². The number of rotatable bonds is 5. The van der Waals surface area contributed by atoms with Crippen molar-refractivity contribution in [3.8, 4) is 0 Å². The molecule has 120 valence electrons. The number of sulfonamides is 2. The van der Waals surface area contributed by atoms with E-state index in [0.717, 1.165) is 0 Å². The van der Waals surface area contributed by atoms with Crippen molar-refractivity contribution in [3.63, 3.8) is 0 Å². The molecule has 2 aromatic rings. The molecule has 8 nitrogen and oxygen atoms in total. The van der Waals surface area contributed by atoms with E-state index in [1.165, 1.54) is 42.9 Å². The first-order valence-corrected chi connectivity index (χ1v) is 9.27. The van der Waals surface area contributed by atoms with Crippen LogP contribution < -0.4 is 9.66 Å². The average Bonchev–Trinajstić information content (AvgIpc) is 2.72. The van der Waals surface area contributed by atoms with Gasteiger partial charge in [-0.25, -0.2) is 16.8 Å². The third-order valence-corrected chi connectivity index (χ3v) is 6.07. The molecule has 0 unspecified atom stereocenters. The number of nitrogens with zero attached hydrogens (tertiary/aromatic N) is 2. The monoisotopic (exact) mass is 364 g/mol. The maximum absolute atomic E-state index is 12.2. The topological polar surface area (TPSA) is 110 Å². The van der Waals surface area contributed by atoms with E-state index in [4.69, 9.17) is 11.6 Å². The quantitative estimate of drug-likeness (QED) is 0.753. The highest BCUT2D eigenvalue weighted by molar-refractivity contribution is 7.92. The molecule has 2 rings (SSSR count). The highest BCUT2D eigenvalue weighted by Gasteiger charge is 2.27. The SMILES string of the molecule is Cc1nn(C)c(Cl)c1S(=O)(=O)NNS(=O)(=O)c1ccccc1. The second kappa shape index (κ2) is 5.97. The van der Waals surface area contributed by atoms with Gasteiger partial charge >= 0.3 is 0 Å². The zero-order valence-electron chi connectivity index (χ0n) is 11.6. The zero-order valence-corrected chi connectivity index (χ0v) is 14.0. The molecule has 0 saturated heterocycles. The number of benzene rings is 1. The summed E-state index contributed by atoms with van der Waals surface area (Å²) in [6.45, 7) is 1.45. The van der Waals surface area contributed by atoms with Crippen LogP contribution >= 0.6 is 11.6 Å². The molecule has 0 fully saturated rings. The van der Waals surface area contributed by atoms with Crippen LogP contribution in [0, 0.1) is 6.92 Å². The van der Waals surface area contributed by atoms with E-state index in [2.05, 4.69) is 5.10 Å². The van der Waals surface area contributed by atoms with Crippen LogP contribution in [0.15, 0.2) is 40.1 Å². The smallest absolute Gasteiger partial charge is 0.255 e. The lowest BCUT2D eigenvalue weighted by Gasteiger charge is -2.09. The summed E-state index contributed by atoms with van der Waals surface area (Å²) in [5.74, 6) is 0. The minimum absolute atomic E-state index is 0.0771. The Morgan fingerprint density at radius 1 is 1.05 bits per heavy atom. The predicted octanol–water partition coefficient (Wildman–Crippen LogP) is 0.554. The van der Waals surface area contributed by atoms with Gasteiger partial charge in [0.2, 0.25) is 0 Å². The van der Waals surface area contributed by atoms with Crippen LogP contribution in [0.25, 0.3) is 0 Å². The van der Waals surface area contributed by atoms with E-state index in [1.807, 2.05) is 4.83 Å². The molecule has 1 heterocycles. The predicted molar refractivity (Wildman–Crippen MR) is 80.0 cm³/mol. The molecule has 0 bridgehead atoms. The Hall–Kier alpha value is -1.46. The standard InChI is InChI=1S/C11H13ClN4O4S2/c1-8-10(11(12)16(2)13-8)22(19,20)15-14-21(17,18)9-6-4-3-5-7-9/h3-7,14-15H,1-2H3. The van der Waals surface area contributed by atoms with Gasteiger partial charge in [-0.05, 0) is 19.1 Å². The molecule has 0 aliphatic heterocycles. The summed E-state index contributed by atoms with van der Waals surface area (Å²) < 4.78 is 49.5. The van der Waals surface area contributed by atoms with Crippen molar-refractivity contribution in [1.82, 2.24) is 19.4 Å². The van der Waals surface area contributed by atoms with E-state index in [1.54, 1.807) is 10.9 Å². The fourth-order valence-corrected chi connectivity index (χ4v) is 4.61. The minimum atomic E-state index is -4.20. The number of nitrogens with one attached hydrogen (secondary N) is 2. The Morgan fingerprint density at radius 2 is 1.59 bits per heavy atom. The molecular formula is C11H13ClN4O4S2.